The molecule has 0 bridgehead atoms. The molecule has 0 atom stereocenters. The normalized spacial score (nSPS) is 10.1. The molecule has 0 radical (unpaired) electrons. The first-order valence-electron chi connectivity index (χ1n) is 5.83. The van der Waals surface area contributed by atoms with E-state index in [9.17, 15) is 14.9 Å². The monoisotopic (exact) mass is 272 g/mol. The van der Waals surface area contributed by atoms with Gasteiger partial charge in [0.05, 0.1) is 10.5 Å². The molecule has 0 heterocycles. The summed E-state index contributed by atoms with van der Waals surface area (Å²) in [6, 6.07) is 10.8. The number of benzene rings is 2. The Kier molecular flexibility index (Phi) is 3.65. The van der Waals surface area contributed by atoms with Crippen LogP contribution in [0.25, 0.3) is 0 Å². The quantitative estimate of drug-likeness (QED) is 0.657. The number of rotatable bonds is 4. The lowest BCUT2D eigenvalue weighted by Gasteiger charge is -2.11. The minimum absolute atomic E-state index is 0.00607. The third kappa shape index (κ3) is 2.74. The average Bonchev–Trinajstić information content (AvgIpc) is 2.41. The van der Waals surface area contributed by atoms with Gasteiger partial charge in [-0.3, -0.25) is 10.1 Å². The first kappa shape index (κ1) is 13.5. The van der Waals surface area contributed by atoms with Crippen LogP contribution in [0.15, 0.2) is 42.5 Å². The van der Waals surface area contributed by atoms with E-state index in [2.05, 4.69) is 5.32 Å². The number of nitrogens with zero attached hydrogens (tertiary/aromatic N) is 1. The number of anilines is 2. The van der Waals surface area contributed by atoms with Gasteiger partial charge in [-0.1, -0.05) is 6.07 Å². The highest BCUT2D eigenvalue weighted by Crippen LogP contribution is 2.24. The minimum Gasteiger partial charge on any atom is -0.478 e. The van der Waals surface area contributed by atoms with E-state index in [4.69, 9.17) is 5.11 Å². The van der Waals surface area contributed by atoms with Crippen LogP contribution in [0.3, 0.4) is 0 Å². The Morgan fingerprint density at radius 1 is 1.20 bits per heavy atom. The molecule has 2 rings (SSSR count). The molecule has 2 aromatic rings. The number of carboxylic acid groups (broad SMARTS) is 1. The van der Waals surface area contributed by atoms with Crippen LogP contribution in [0.1, 0.15) is 15.9 Å². The highest BCUT2D eigenvalue weighted by molar-refractivity contribution is 5.91. The van der Waals surface area contributed by atoms with E-state index in [0.717, 1.165) is 0 Å². The molecule has 0 amide bonds. The first-order chi connectivity index (χ1) is 9.49. The number of carboxylic acids is 1. The van der Waals surface area contributed by atoms with Gasteiger partial charge in [0.1, 0.15) is 0 Å². The van der Waals surface area contributed by atoms with E-state index < -0.39 is 10.9 Å². The lowest BCUT2D eigenvalue weighted by Crippen LogP contribution is -2.02. The highest BCUT2D eigenvalue weighted by Gasteiger charge is 2.10. The summed E-state index contributed by atoms with van der Waals surface area (Å²) in [7, 11) is 0. The second-order valence-electron chi connectivity index (χ2n) is 4.21. The number of nitro groups is 1. The van der Waals surface area contributed by atoms with Crippen molar-refractivity contribution in [2.75, 3.05) is 5.32 Å². The zero-order valence-corrected chi connectivity index (χ0v) is 10.7. The van der Waals surface area contributed by atoms with E-state index in [1.54, 1.807) is 31.2 Å². The van der Waals surface area contributed by atoms with Crippen molar-refractivity contribution in [1.82, 2.24) is 0 Å². The molecule has 0 aliphatic carbocycles. The summed E-state index contributed by atoms with van der Waals surface area (Å²) < 4.78 is 0. The van der Waals surface area contributed by atoms with E-state index >= 15 is 0 Å². The summed E-state index contributed by atoms with van der Waals surface area (Å²) in [5, 5.41) is 22.7. The van der Waals surface area contributed by atoms with Gasteiger partial charge in [0.15, 0.2) is 0 Å². The van der Waals surface area contributed by atoms with Gasteiger partial charge >= 0.3 is 5.97 Å². The van der Waals surface area contributed by atoms with Crippen molar-refractivity contribution in [3.05, 3.63) is 63.7 Å². The third-order valence-corrected chi connectivity index (χ3v) is 2.92. The maximum atomic E-state index is 11.0. The van der Waals surface area contributed by atoms with Gasteiger partial charge in [-0.15, -0.1) is 0 Å². The fourth-order valence-corrected chi connectivity index (χ4v) is 1.82. The first-order valence-corrected chi connectivity index (χ1v) is 5.83. The van der Waals surface area contributed by atoms with Crippen LogP contribution in [0.5, 0.6) is 0 Å². The molecule has 0 saturated heterocycles. The summed E-state index contributed by atoms with van der Waals surface area (Å²) >= 11 is 0. The third-order valence-electron chi connectivity index (χ3n) is 2.92. The molecule has 2 aromatic carbocycles. The van der Waals surface area contributed by atoms with Crippen LogP contribution in [-0.4, -0.2) is 16.0 Å². The van der Waals surface area contributed by atoms with E-state index in [-0.39, 0.29) is 11.3 Å². The standard InChI is InChI=1S/C14H12N2O4/c1-9-12(14(17)18)3-2-4-13(9)15-10-5-7-11(8-6-10)16(19)20/h2-8,15H,1H3,(H,17,18). The number of hydrogen-bond acceptors (Lipinski definition) is 4. The van der Waals surface area contributed by atoms with Gasteiger partial charge in [-0.05, 0) is 36.8 Å². The molecule has 0 spiro atoms. The molecule has 0 fully saturated rings. The number of hydrogen-bond donors (Lipinski definition) is 2. The molecule has 102 valence electrons. The Balaban J connectivity index is 2.28. The van der Waals surface area contributed by atoms with Gasteiger partial charge < -0.3 is 10.4 Å². The minimum atomic E-state index is -0.991. The van der Waals surface area contributed by atoms with Crippen molar-refractivity contribution in [2.24, 2.45) is 0 Å². The van der Waals surface area contributed by atoms with Gasteiger partial charge in [-0.25, -0.2) is 4.79 Å². The zero-order chi connectivity index (χ0) is 14.7. The molecule has 0 aliphatic rings. The van der Waals surface area contributed by atoms with Crippen LogP contribution >= 0.6 is 0 Å². The van der Waals surface area contributed by atoms with Crippen LogP contribution in [-0.2, 0) is 0 Å². The number of non-ortho nitro benzene ring substituents is 1. The number of aromatic carboxylic acids is 1. The Hall–Kier alpha value is -2.89. The molecular formula is C14H12N2O4. The highest BCUT2D eigenvalue weighted by atomic mass is 16.6. The van der Waals surface area contributed by atoms with Gasteiger partial charge in [0, 0.05) is 23.5 Å². The number of nitro benzene ring substituents is 1. The van der Waals surface area contributed by atoms with Crippen molar-refractivity contribution in [2.45, 2.75) is 6.92 Å². The Morgan fingerprint density at radius 2 is 1.85 bits per heavy atom. The number of carbonyl (C=O) groups is 1. The lowest BCUT2D eigenvalue weighted by atomic mass is 10.1. The smallest absolute Gasteiger partial charge is 0.336 e. The Labute approximate surface area is 114 Å². The molecule has 0 aromatic heterocycles. The maximum Gasteiger partial charge on any atom is 0.336 e. The topological polar surface area (TPSA) is 92.5 Å². The predicted molar refractivity (Wildman–Crippen MR) is 74.5 cm³/mol. The van der Waals surface area contributed by atoms with Gasteiger partial charge in [0.2, 0.25) is 0 Å². The van der Waals surface area contributed by atoms with E-state index in [1.807, 2.05) is 0 Å². The van der Waals surface area contributed by atoms with Gasteiger partial charge in [-0.2, -0.15) is 0 Å². The fraction of sp³-hybridized carbons (Fsp3) is 0.0714. The molecule has 6 heteroatoms. The summed E-state index contributed by atoms with van der Waals surface area (Å²) in [6.07, 6.45) is 0. The molecule has 0 saturated carbocycles. The van der Waals surface area contributed by atoms with Crippen molar-refractivity contribution in [1.29, 1.82) is 0 Å². The number of nitrogens with one attached hydrogen (secondary N) is 1. The molecule has 6 nitrogen and oxygen atoms in total. The van der Waals surface area contributed by atoms with Crippen molar-refractivity contribution >= 4 is 23.0 Å². The van der Waals surface area contributed by atoms with Crippen LogP contribution in [0, 0.1) is 17.0 Å². The summed E-state index contributed by atoms with van der Waals surface area (Å²) in [5.41, 5.74) is 2.14. The van der Waals surface area contributed by atoms with Crippen LogP contribution < -0.4 is 5.32 Å². The predicted octanol–water partition coefficient (Wildman–Crippen LogP) is 3.35. The SMILES string of the molecule is Cc1c(Nc2ccc([N+](=O)[O-])cc2)cccc1C(=O)O. The summed E-state index contributed by atoms with van der Waals surface area (Å²) in [4.78, 5) is 21.1. The Bertz CT molecular complexity index is 665. The maximum absolute atomic E-state index is 11.0. The van der Waals surface area contributed by atoms with Gasteiger partial charge in [0.25, 0.3) is 5.69 Å². The Morgan fingerprint density at radius 3 is 2.40 bits per heavy atom. The molecular weight excluding hydrogens is 260 g/mol. The van der Waals surface area contributed by atoms with Crippen LogP contribution in [0.4, 0.5) is 17.1 Å². The van der Waals surface area contributed by atoms with Crippen LogP contribution in [0.2, 0.25) is 0 Å². The largest absolute Gasteiger partial charge is 0.478 e. The van der Waals surface area contributed by atoms with Crippen molar-refractivity contribution in [3.63, 3.8) is 0 Å². The average molecular weight is 272 g/mol. The van der Waals surface area contributed by atoms with E-state index in [1.165, 1.54) is 18.2 Å². The van der Waals surface area contributed by atoms with Crippen molar-refractivity contribution in [3.8, 4) is 0 Å². The fourth-order valence-electron chi connectivity index (χ4n) is 1.82. The van der Waals surface area contributed by atoms with Crippen molar-refractivity contribution < 1.29 is 14.8 Å². The molecule has 2 N–H and O–H groups in total. The summed E-state index contributed by atoms with van der Waals surface area (Å²) in [6.45, 7) is 1.71. The molecule has 0 unspecified atom stereocenters. The second-order valence-corrected chi connectivity index (χ2v) is 4.21. The zero-order valence-electron chi connectivity index (χ0n) is 10.7. The molecule has 20 heavy (non-hydrogen) atoms. The lowest BCUT2D eigenvalue weighted by molar-refractivity contribution is -0.384. The summed E-state index contributed by atoms with van der Waals surface area (Å²) in [5.74, 6) is -0.991. The second kappa shape index (κ2) is 5.40. The molecule has 0 aliphatic heterocycles. The van der Waals surface area contributed by atoms with E-state index in [0.29, 0.717) is 16.9 Å².